The fraction of sp³-hybridized carbons (Fsp3) is 0.909. The zero-order chi connectivity index (χ0) is 29.4. The Morgan fingerprint density at radius 2 is 0.737 bits per heavy atom. The lowest BCUT2D eigenvalue weighted by atomic mass is 10.0. The zero-order valence-electron chi connectivity index (χ0n) is 20.8. The van der Waals surface area contributed by atoms with Gasteiger partial charge in [-0.15, -0.1) is 0 Å². The molecule has 38 heavy (non-hydrogen) atoms. The van der Waals surface area contributed by atoms with E-state index in [0.29, 0.717) is 38.5 Å². The van der Waals surface area contributed by atoms with Crippen LogP contribution >= 0.6 is 0 Å². The molecule has 0 fully saturated rings. The fourth-order valence-corrected chi connectivity index (χ4v) is 3.19. The van der Waals surface area contributed by atoms with E-state index >= 15 is 0 Å². The summed E-state index contributed by atoms with van der Waals surface area (Å²) in [7, 11) is 0. The van der Waals surface area contributed by atoms with E-state index in [0.717, 1.165) is 0 Å². The summed E-state index contributed by atoms with van der Waals surface area (Å²) in [5.74, 6) is -1.76. The highest BCUT2D eigenvalue weighted by atomic mass is 16.7. The van der Waals surface area contributed by atoms with Crippen LogP contribution in [0.2, 0.25) is 0 Å². The molecular formula is C22H42O16. The molecular weight excluding hydrogens is 520 g/mol. The fourth-order valence-electron chi connectivity index (χ4n) is 3.19. The predicted octanol–water partition coefficient (Wildman–Crippen LogP) is -5.30. The van der Waals surface area contributed by atoms with Gasteiger partial charge in [0.1, 0.15) is 48.8 Å². The number of aliphatic hydroxyl groups is 12. The average Bonchev–Trinajstić information content (AvgIpc) is 2.90. The van der Waals surface area contributed by atoms with Gasteiger partial charge in [-0.3, -0.25) is 9.59 Å². The molecule has 12 N–H and O–H groups in total. The van der Waals surface area contributed by atoms with Gasteiger partial charge in [0.2, 0.25) is 12.6 Å². The Kier molecular flexibility index (Phi) is 18.7. The molecule has 0 bridgehead atoms. The van der Waals surface area contributed by atoms with Crippen LogP contribution in [-0.2, 0) is 19.1 Å². The van der Waals surface area contributed by atoms with Crippen LogP contribution < -0.4 is 0 Å². The largest absolute Gasteiger partial charge is 0.433 e. The van der Waals surface area contributed by atoms with E-state index in [1.807, 2.05) is 0 Å². The Morgan fingerprint density at radius 3 is 1.03 bits per heavy atom. The first-order valence-corrected chi connectivity index (χ1v) is 12.2. The maximum atomic E-state index is 11.7. The molecule has 2 unspecified atom stereocenters. The van der Waals surface area contributed by atoms with E-state index in [4.69, 9.17) is 10.2 Å². The van der Waals surface area contributed by atoms with Gasteiger partial charge in [-0.25, -0.2) is 0 Å². The molecule has 0 aromatic rings. The number of carbonyl (C=O) groups is 2. The summed E-state index contributed by atoms with van der Waals surface area (Å²) in [4.78, 5) is 23.5. The lowest BCUT2D eigenvalue weighted by Crippen LogP contribution is -2.50. The second-order valence-corrected chi connectivity index (χ2v) is 8.83. The molecule has 10 atom stereocenters. The van der Waals surface area contributed by atoms with Gasteiger partial charge in [-0.2, -0.15) is 0 Å². The van der Waals surface area contributed by atoms with E-state index in [1.165, 1.54) is 0 Å². The molecule has 0 spiro atoms. The van der Waals surface area contributed by atoms with Gasteiger partial charge in [0.05, 0.1) is 13.2 Å². The minimum absolute atomic E-state index is 0.121. The summed E-state index contributed by atoms with van der Waals surface area (Å²) in [6, 6.07) is 0. The van der Waals surface area contributed by atoms with E-state index in [-0.39, 0.29) is 12.8 Å². The molecule has 0 heterocycles. The van der Waals surface area contributed by atoms with E-state index in [2.05, 4.69) is 9.47 Å². The summed E-state index contributed by atoms with van der Waals surface area (Å²) in [5.41, 5.74) is 0. The van der Waals surface area contributed by atoms with Crippen molar-refractivity contribution in [3.8, 4) is 0 Å². The van der Waals surface area contributed by atoms with Crippen LogP contribution in [0.5, 0.6) is 0 Å². The third-order valence-electron chi connectivity index (χ3n) is 5.66. The lowest BCUT2D eigenvalue weighted by molar-refractivity contribution is -0.214. The van der Waals surface area contributed by atoms with Crippen molar-refractivity contribution in [1.82, 2.24) is 0 Å². The second-order valence-electron chi connectivity index (χ2n) is 8.83. The zero-order valence-corrected chi connectivity index (χ0v) is 20.8. The van der Waals surface area contributed by atoms with Gasteiger partial charge in [0.15, 0.2) is 0 Å². The number of carbonyl (C=O) groups excluding carboxylic acids is 2. The number of hydrogen-bond donors (Lipinski definition) is 12. The molecule has 0 aliphatic carbocycles. The number of esters is 2. The third kappa shape index (κ3) is 13.5. The third-order valence-corrected chi connectivity index (χ3v) is 5.66. The highest BCUT2D eigenvalue weighted by Gasteiger charge is 2.36. The summed E-state index contributed by atoms with van der Waals surface area (Å²) in [6.07, 6.45) is -17.3. The smallest absolute Gasteiger partial charge is 0.308 e. The minimum Gasteiger partial charge on any atom is -0.433 e. The van der Waals surface area contributed by atoms with Crippen LogP contribution in [0.1, 0.15) is 51.4 Å². The Labute approximate surface area is 218 Å². The lowest BCUT2D eigenvalue weighted by Gasteiger charge is -2.28. The standard InChI is InChI=1S/C22H42O16/c23-9-11(25)15(29)17(31)19(33)21(35)37-13(27)7-5-3-1-2-4-6-8-14(28)38-22(36)20(34)18(32)16(30)12(26)10-24/h11-12,15-26,29-36H,1-10H2/t11-,12-,15-,16-,17+,18+,19+,20+,21?,22?/m1/s1. The summed E-state index contributed by atoms with van der Waals surface area (Å²) in [6.45, 7) is -1.82. The number of aliphatic hydroxyl groups excluding tert-OH is 12. The predicted molar refractivity (Wildman–Crippen MR) is 123 cm³/mol. The maximum Gasteiger partial charge on any atom is 0.308 e. The number of rotatable bonds is 21. The highest BCUT2D eigenvalue weighted by molar-refractivity contribution is 5.69. The normalized spacial score (nSPS) is 19.8. The van der Waals surface area contributed by atoms with Crippen LogP contribution in [0, 0.1) is 0 Å². The van der Waals surface area contributed by atoms with Gasteiger partial charge in [0, 0.05) is 12.8 Å². The summed E-state index contributed by atoms with van der Waals surface area (Å²) in [5, 5.41) is 113. The Hall–Kier alpha value is -1.54. The molecule has 226 valence electrons. The Morgan fingerprint density at radius 1 is 0.447 bits per heavy atom. The Balaban J connectivity index is 4.04. The summed E-state index contributed by atoms with van der Waals surface area (Å²) >= 11 is 0. The quantitative estimate of drug-likeness (QED) is 0.0353. The second kappa shape index (κ2) is 19.5. The number of ether oxygens (including phenoxy) is 2. The van der Waals surface area contributed by atoms with Gasteiger partial charge < -0.3 is 70.8 Å². The van der Waals surface area contributed by atoms with Crippen molar-refractivity contribution in [2.24, 2.45) is 0 Å². The molecule has 0 aromatic heterocycles. The van der Waals surface area contributed by atoms with Crippen molar-refractivity contribution in [3.05, 3.63) is 0 Å². The molecule has 0 saturated carbocycles. The molecule has 0 radical (unpaired) electrons. The average molecular weight is 563 g/mol. The molecule has 0 aliphatic rings. The first kappa shape index (κ1) is 36.5. The van der Waals surface area contributed by atoms with Crippen molar-refractivity contribution >= 4 is 11.9 Å². The van der Waals surface area contributed by atoms with E-state index < -0.39 is 86.6 Å². The van der Waals surface area contributed by atoms with Gasteiger partial charge in [0.25, 0.3) is 0 Å². The van der Waals surface area contributed by atoms with E-state index in [1.54, 1.807) is 0 Å². The van der Waals surface area contributed by atoms with Crippen molar-refractivity contribution in [1.29, 1.82) is 0 Å². The first-order chi connectivity index (χ1) is 17.8. The van der Waals surface area contributed by atoms with E-state index in [9.17, 15) is 60.7 Å². The van der Waals surface area contributed by atoms with Crippen LogP contribution in [0.4, 0.5) is 0 Å². The highest BCUT2D eigenvalue weighted by Crippen LogP contribution is 2.14. The monoisotopic (exact) mass is 562 g/mol. The van der Waals surface area contributed by atoms with Crippen molar-refractivity contribution in [2.75, 3.05) is 13.2 Å². The van der Waals surface area contributed by atoms with Gasteiger partial charge >= 0.3 is 11.9 Å². The van der Waals surface area contributed by atoms with Gasteiger partial charge in [-0.1, -0.05) is 25.7 Å². The molecule has 0 aliphatic heterocycles. The molecule has 0 amide bonds. The summed E-state index contributed by atoms with van der Waals surface area (Å²) < 4.78 is 9.14. The first-order valence-electron chi connectivity index (χ1n) is 12.2. The van der Waals surface area contributed by atoms with Crippen LogP contribution in [0.15, 0.2) is 0 Å². The molecule has 16 heteroatoms. The minimum atomic E-state index is -2.17. The topological polar surface area (TPSA) is 295 Å². The van der Waals surface area contributed by atoms with Crippen molar-refractivity contribution < 1.29 is 80.3 Å². The molecule has 0 aromatic carbocycles. The number of unbranched alkanes of at least 4 members (excludes halogenated alkanes) is 5. The van der Waals surface area contributed by atoms with Crippen molar-refractivity contribution in [2.45, 2.75) is 113 Å². The number of hydrogen-bond acceptors (Lipinski definition) is 16. The molecule has 0 saturated heterocycles. The van der Waals surface area contributed by atoms with Crippen LogP contribution in [0.3, 0.4) is 0 Å². The van der Waals surface area contributed by atoms with Crippen LogP contribution in [0.25, 0.3) is 0 Å². The molecule has 16 nitrogen and oxygen atoms in total. The van der Waals surface area contributed by atoms with Gasteiger partial charge in [-0.05, 0) is 12.8 Å². The van der Waals surface area contributed by atoms with Crippen molar-refractivity contribution in [3.63, 3.8) is 0 Å². The maximum absolute atomic E-state index is 11.7. The van der Waals surface area contributed by atoms with Crippen LogP contribution in [-0.4, -0.2) is 148 Å². The molecule has 0 rings (SSSR count). The Bertz CT molecular complexity index is 597. The SMILES string of the molecule is O=C(CCCCCCCCC(=O)OC(O)[C@@H](O)[C@@H](O)[C@H](O)[C@H](O)CO)OC(O)[C@@H](O)[C@@H](O)[C@H](O)[C@H](O)CO.